The molecule has 1 unspecified atom stereocenters. The van der Waals surface area contributed by atoms with E-state index < -0.39 is 16.1 Å². The van der Waals surface area contributed by atoms with Crippen LogP contribution in [0.25, 0.3) is 10.2 Å². The number of rotatable bonds is 5. The molecule has 1 amide bonds. The molecule has 0 saturated carbocycles. The molecule has 1 fully saturated rings. The Morgan fingerprint density at radius 1 is 1.23 bits per heavy atom. The molecule has 0 radical (unpaired) electrons. The first-order valence-electron chi connectivity index (χ1n) is 9.94. The van der Waals surface area contributed by atoms with Crippen LogP contribution in [0.5, 0.6) is 0 Å². The minimum atomic E-state index is -3.45. The van der Waals surface area contributed by atoms with Gasteiger partial charge in [0.05, 0.1) is 23.0 Å². The summed E-state index contributed by atoms with van der Waals surface area (Å²) in [5.41, 5.74) is 4.09. The Balaban J connectivity index is 1.77. The number of hydrogen-bond acceptors (Lipinski definition) is 5. The minimum absolute atomic E-state index is 0.213. The van der Waals surface area contributed by atoms with E-state index in [1.807, 2.05) is 50.2 Å². The van der Waals surface area contributed by atoms with Crippen molar-refractivity contribution in [2.45, 2.75) is 39.3 Å². The summed E-state index contributed by atoms with van der Waals surface area (Å²) in [6.45, 7) is 4.81. The van der Waals surface area contributed by atoms with Crippen LogP contribution in [0.3, 0.4) is 0 Å². The van der Waals surface area contributed by atoms with E-state index in [-0.39, 0.29) is 5.91 Å². The number of carbonyl (C=O) groups excluding carboxylic acids is 1. The third-order valence-electron chi connectivity index (χ3n) is 5.40. The van der Waals surface area contributed by atoms with Crippen molar-refractivity contribution in [2.24, 2.45) is 0 Å². The topological polar surface area (TPSA) is 70.6 Å². The molecule has 2 heterocycles. The van der Waals surface area contributed by atoms with Crippen molar-refractivity contribution in [3.63, 3.8) is 0 Å². The van der Waals surface area contributed by atoms with Crippen molar-refractivity contribution >= 4 is 42.6 Å². The second-order valence-electron chi connectivity index (χ2n) is 7.87. The number of benzene rings is 2. The fourth-order valence-corrected chi connectivity index (χ4v) is 6.19. The summed E-state index contributed by atoms with van der Waals surface area (Å²) in [5.74, 6) is -0.213. The van der Waals surface area contributed by atoms with E-state index in [1.54, 1.807) is 4.90 Å². The van der Waals surface area contributed by atoms with Crippen LogP contribution in [0.2, 0.25) is 0 Å². The number of thiazole rings is 1. The third-order valence-corrected chi connectivity index (χ3v) is 7.92. The Kier molecular flexibility index (Phi) is 5.65. The van der Waals surface area contributed by atoms with Gasteiger partial charge >= 0.3 is 0 Å². The zero-order valence-electron chi connectivity index (χ0n) is 17.3. The highest BCUT2D eigenvalue weighted by molar-refractivity contribution is 7.88. The normalized spacial score (nSPS) is 17.5. The zero-order chi connectivity index (χ0) is 21.5. The monoisotopic (exact) mass is 443 g/mol. The summed E-state index contributed by atoms with van der Waals surface area (Å²) < 4.78 is 26.8. The smallest absolute Gasteiger partial charge is 0.247 e. The number of aromatic nitrogens is 1. The SMILES string of the molecule is Cc1cc(C)c2sc(N(Cc3ccccc3)C(=O)C3CCCN3S(C)(=O)=O)nc2c1. The molecule has 1 atom stereocenters. The van der Waals surface area contributed by atoms with Gasteiger partial charge in [0.2, 0.25) is 15.9 Å². The summed E-state index contributed by atoms with van der Waals surface area (Å²) >= 11 is 1.48. The van der Waals surface area contributed by atoms with Crippen molar-refractivity contribution < 1.29 is 13.2 Å². The second kappa shape index (κ2) is 8.09. The molecule has 8 heteroatoms. The molecule has 1 aliphatic heterocycles. The van der Waals surface area contributed by atoms with Crippen molar-refractivity contribution in [3.05, 3.63) is 59.2 Å². The van der Waals surface area contributed by atoms with E-state index in [9.17, 15) is 13.2 Å². The fourth-order valence-electron chi connectivity index (χ4n) is 4.05. The Hall–Kier alpha value is -2.29. The molecule has 158 valence electrons. The van der Waals surface area contributed by atoms with Crippen molar-refractivity contribution in [1.82, 2.24) is 9.29 Å². The van der Waals surface area contributed by atoms with E-state index in [4.69, 9.17) is 4.98 Å². The Morgan fingerprint density at radius 2 is 1.97 bits per heavy atom. The van der Waals surface area contributed by atoms with Crippen LogP contribution in [0.4, 0.5) is 5.13 Å². The highest BCUT2D eigenvalue weighted by Gasteiger charge is 2.39. The molecule has 1 aliphatic rings. The first-order chi connectivity index (χ1) is 14.2. The first kappa shape index (κ1) is 21.0. The molecule has 0 aliphatic carbocycles. The number of aryl methyl sites for hydroxylation is 2. The van der Waals surface area contributed by atoms with Crippen molar-refractivity contribution in [2.75, 3.05) is 17.7 Å². The summed E-state index contributed by atoms with van der Waals surface area (Å²) in [5, 5.41) is 0.605. The molecule has 6 nitrogen and oxygen atoms in total. The average molecular weight is 444 g/mol. The molecule has 0 spiro atoms. The molecule has 2 aromatic carbocycles. The molecule has 0 bridgehead atoms. The van der Waals surface area contributed by atoms with Gasteiger partial charge in [-0.25, -0.2) is 13.4 Å². The van der Waals surface area contributed by atoms with E-state index >= 15 is 0 Å². The van der Waals surface area contributed by atoms with Gasteiger partial charge in [-0.15, -0.1) is 0 Å². The summed E-state index contributed by atoms with van der Waals surface area (Å²) in [6.07, 6.45) is 2.38. The van der Waals surface area contributed by atoms with Gasteiger partial charge in [-0.3, -0.25) is 9.69 Å². The van der Waals surface area contributed by atoms with E-state index in [2.05, 4.69) is 6.07 Å². The van der Waals surface area contributed by atoms with E-state index in [0.717, 1.165) is 26.9 Å². The van der Waals surface area contributed by atoms with Gasteiger partial charge in [0, 0.05) is 6.54 Å². The van der Waals surface area contributed by atoms with Gasteiger partial charge in [0.15, 0.2) is 5.13 Å². The number of carbonyl (C=O) groups is 1. The lowest BCUT2D eigenvalue weighted by Gasteiger charge is -2.27. The highest BCUT2D eigenvalue weighted by atomic mass is 32.2. The fraction of sp³-hybridized carbons (Fsp3) is 0.364. The highest BCUT2D eigenvalue weighted by Crippen LogP contribution is 2.34. The number of sulfonamides is 1. The molecular weight excluding hydrogens is 418 g/mol. The first-order valence-corrected chi connectivity index (χ1v) is 12.6. The zero-order valence-corrected chi connectivity index (χ0v) is 19.0. The van der Waals surface area contributed by atoms with Gasteiger partial charge in [-0.2, -0.15) is 4.31 Å². The van der Waals surface area contributed by atoms with Gasteiger partial charge in [-0.1, -0.05) is 47.7 Å². The largest absolute Gasteiger partial charge is 0.282 e. The predicted octanol–water partition coefficient (Wildman–Crippen LogP) is 3.87. The lowest BCUT2D eigenvalue weighted by Crippen LogP contribution is -2.47. The van der Waals surface area contributed by atoms with Crippen LogP contribution in [-0.4, -0.2) is 42.5 Å². The summed E-state index contributed by atoms with van der Waals surface area (Å²) in [6, 6.07) is 13.2. The minimum Gasteiger partial charge on any atom is -0.282 e. The summed E-state index contributed by atoms with van der Waals surface area (Å²) in [4.78, 5) is 20.0. The molecule has 4 rings (SSSR count). The molecule has 3 aromatic rings. The molecule has 30 heavy (non-hydrogen) atoms. The second-order valence-corrected chi connectivity index (χ2v) is 10.8. The van der Waals surface area contributed by atoms with Gasteiger partial charge < -0.3 is 0 Å². The van der Waals surface area contributed by atoms with E-state index in [1.165, 1.54) is 21.9 Å². The van der Waals surface area contributed by atoms with Crippen LogP contribution >= 0.6 is 11.3 Å². The molecule has 1 aromatic heterocycles. The maximum Gasteiger partial charge on any atom is 0.247 e. The standard InChI is InChI=1S/C22H25N3O3S2/c1-15-12-16(2)20-18(13-15)23-22(29-20)24(14-17-8-5-4-6-9-17)21(26)19-10-7-11-25(19)30(3,27)28/h4-6,8-9,12-13,19H,7,10-11,14H2,1-3H3. The van der Waals surface area contributed by atoms with Crippen LogP contribution in [-0.2, 0) is 21.4 Å². The number of anilines is 1. The maximum atomic E-state index is 13.6. The molecule has 1 saturated heterocycles. The Labute approximate surface area is 181 Å². The van der Waals surface area contributed by atoms with Crippen LogP contribution < -0.4 is 4.90 Å². The van der Waals surface area contributed by atoms with Crippen molar-refractivity contribution in [3.8, 4) is 0 Å². The summed E-state index contributed by atoms with van der Waals surface area (Å²) in [7, 11) is -3.45. The third kappa shape index (κ3) is 4.12. The number of hydrogen-bond donors (Lipinski definition) is 0. The average Bonchev–Trinajstić information content (AvgIpc) is 3.33. The molecule has 0 N–H and O–H groups in total. The van der Waals surface area contributed by atoms with Gasteiger partial charge in [-0.05, 0) is 49.4 Å². The number of amides is 1. The van der Waals surface area contributed by atoms with Crippen molar-refractivity contribution in [1.29, 1.82) is 0 Å². The Morgan fingerprint density at radius 3 is 2.67 bits per heavy atom. The number of fused-ring (bicyclic) bond motifs is 1. The Bertz CT molecular complexity index is 1190. The molecular formula is C22H25N3O3S2. The van der Waals surface area contributed by atoms with Crippen LogP contribution in [0.1, 0.15) is 29.5 Å². The van der Waals surface area contributed by atoms with Crippen LogP contribution in [0, 0.1) is 13.8 Å². The number of nitrogens with zero attached hydrogens (tertiary/aromatic N) is 3. The lowest BCUT2D eigenvalue weighted by atomic mass is 10.1. The quantitative estimate of drug-likeness (QED) is 0.600. The van der Waals surface area contributed by atoms with Crippen LogP contribution in [0.15, 0.2) is 42.5 Å². The van der Waals surface area contributed by atoms with E-state index in [0.29, 0.717) is 31.1 Å². The van der Waals surface area contributed by atoms with Gasteiger partial charge in [0.1, 0.15) is 6.04 Å². The lowest BCUT2D eigenvalue weighted by molar-refractivity contribution is -0.121. The predicted molar refractivity (Wildman–Crippen MR) is 121 cm³/mol. The maximum absolute atomic E-state index is 13.6. The van der Waals surface area contributed by atoms with Gasteiger partial charge in [0.25, 0.3) is 0 Å².